The van der Waals surface area contributed by atoms with Gasteiger partial charge in [-0.1, -0.05) is 11.6 Å². The van der Waals surface area contributed by atoms with Crippen molar-refractivity contribution < 1.29 is 9.72 Å². The summed E-state index contributed by atoms with van der Waals surface area (Å²) in [5.74, 6) is -0.269. The third-order valence-corrected chi connectivity index (χ3v) is 2.59. The van der Waals surface area contributed by atoms with Crippen LogP contribution in [0.3, 0.4) is 0 Å². The lowest BCUT2D eigenvalue weighted by Gasteiger charge is -2.08. The molecule has 0 aliphatic heterocycles. The number of carbonyl (C=O) groups excluding carboxylic acids is 1. The second kappa shape index (κ2) is 6.32. The fourth-order valence-electron chi connectivity index (χ4n) is 1.29. The summed E-state index contributed by atoms with van der Waals surface area (Å²) in [7, 11) is 0. The fourth-order valence-corrected chi connectivity index (χ4v) is 1.46. The number of nitrogens with zero attached hydrogens (tertiary/aromatic N) is 1. The molecule has 0 heterocycles. The summed E-state index contributed by atoms with van der Waals surface area (Å²) < 4.78 is 0. The Morgan fingerprint density at radius 3 is 2.83 bits per heavy atom. The van der Waals surface area contributed by atoms with E-state index < -0.39 is 4.92 Å². The number of nitrogens with one attached hydrogen (secondary N) is 1. The number of hydrogen-bond donors (Lipinski definition) is 2. The Bertz CT molecular complexity index is 463. The van der Waals surface area contributed by atoms with Gasteiger partial charge in [-0.3, -0.25) is 14.9 Å². The number of nitro benzene ring substituents is 1. The first kappa shape index (κ1) is 14.4. The second-order valence-electron chi connectivity index (χ2n) is 3.99. The topological polar surface area (TPSA) is 98.3 Å². The molecule has 3 N–H and O–H groups in total. The molecule has 1 amide bonds. The Balaban J connectivity index is 2.74. The number of nitrogens with two attached hydrogens (primary N) is 1. The Hall–Kier alpha value is -1.66. The molecule has 0 saturated heterocycles. The molecular formula is C11H14ClN3O3. The lowest BCUT2D eigenvalue weighted by molar-refractivity contribution is -0.384. The fraction of sp³-hybridized carbons (Fsp3) is 0.364. The van der Waals surface area contributed by atoms with E-state index in [-0.39, 0.29) is 34.8 Å². The molecule has 1 rings (SSSR count). The first-order valence-corrected chi connectivity index (χ1v) is 5.77. The zero-order valence-electron chi connectivity index (χ0n) is 9.85. The summed E-state index contributed by atoms with van der Waals surface area (Å²) in [5, 5.41) is 13.4. The van der Waals surface area contributed by atoms with Gasteiger partial charge in [0.25, 0.3) is 5.69 Å². The first-order chi connectivity index (χ1) is 8.40. The van der Waals surface area contributed by atoms with Crippen LogP contribution in [0.4, 0.5) is 11.4 Å². The highest BCUT2D eigenvalue weighted by molar-refractivity contribution is 6.33. The predicted octanol–water partition coefficient (Wildman–Crippen LogP) is 2.31. The third kappa shape index (κ3) is 4.31. The normalized spacial score (nSPS) is 11.9. The van der Waals surface area contributed by atoms with Gasteiger partial charge in [-0.25, -0.2) is 0 Å². The van der Waals surface area contributed by atoms with Crippen molar-refractivity contribution in [2.24, 2.45) is 5.73 Å². The van der Waals surface area contributed by atoms with Crippen molar-refractivity contribution in [1.82, 2.24) is 0 Å². The number of hydrogen-bond acceptors (Lipinski definition) is 4. The Morgan fingerprint density at radius 2 is 2.28 bits per heavy atom. The molecule has 0 aliphatic rings. The van der Waals surface area contributed by atoms with Crippen LogP contribution in [0.1, 0.15) is 19.8 Å². The summed E-state index contributed by atoms with van der Waals surface area (Å²) in [6.45, 7) is 1.80. The molecule has 0 fully saturated rings. The molecule has 98 valence electrons. The lowest BCUT2D eigenvalue weighted by atomic mass is 10.2. The van der Waals surface area contributed by atoms with Crippen LogP contribution in [0.2, 0.25) is 5.02 Å². The number of benzene rings is 1. The predicted molar refractivity (Wildman–Crippen MR) is 69.6 cm³/mol. The van der Waals surface area contributed by atoms with Gasteiger partial charge in [0.1, 0.15) is 0 Å². The maximum atomic E-state index is 11.6. The van der Waals surface area contributed by atoms with Gasteiger partial charge in [0.15, 0.2) is 0 Å². The van der Waals surface area contributed by atoms with Gasteiger partial charge in [-0.2, -0.15) is 0 Å². The van der Waals surface area contributed by atoms with E-state index in [2.05, 4.69) is 5.32 Å². The molecule has 0 bridgehead atoms. The van der Waals surface area contributed by atoms with Gasteiger partial charge in [0.2, 0.25) is 5.91 Å². The molecule has 0 spiro atoms. The summed E-state index contributed by atoms with van der Waals surface area (Å²) in [6, 6.07) is 3.81. The zero-order valence-corrected chi connectivity index (χ0v) is 10.6. The molecule has 1 unspecified atom stereocenters. The highest BCUT2D eigenvalue weighted by Gasteiger charge is 2.12. The van der Waals surface area contributed by atoms with Crippen molar-refractivity contribution in [3.63, 3.8) is 0 Å². The number of anilines is 1. The van der Waals surface area contributed by atoms with Crippen LogP contribution in [-0.4, -0.2) is 16.9 Å². The van der Waals surface area contributed by atoms with Crippen molar-refractivity contribution in [1.29, 1.82) is 0 Å². The lowest BCUT2D eigenvalue weighted by Crippen LogP contribution is -2.19. The van der Waals surface area contributed by atoms with E-state index in [0.29, 0.717) is 6.42 Å². The Labute approximate surface area is 109 Å². The molecule has 18 heavy (non-hydrogen) atoms. The highest BCUT2D eigenvalue weighted by Crippen LogP contribution is 2.26. The molecule has 0 saturated carbocycles. The number of nitro groups is 1. The average molecular weight is 272 g/mol. The van der Waals surface area contributed by atoms with E-state index in [4.69, 9.17) is 17.3 Å². The molecule has 0 aromatic heterocycles. The van der Waals surface area contributed by atoms with Gasteiger partial charge in [-0.05, 0) is 19.4 Å². The van der Waals surface area contributed by atoms with Crippen LogP contribution in [0.15, 0.2) is 18.2 Å². The molecule has 0 radical (unpaired) electrons. The Morgan fingerprint density at radius 1 is 1.61 bits per heavy atom. The number of amides is 1. The maximum absolute atomic E-state index is 11.6. The van der Waals surface area contributed by atoms with Crippen molar-refractivity contribution in [3.8, 4) is 0 Å². The standard InChI is InChI=1S/C11H14ClN3O3/c1-7(13)2-5-11(16)14-10-6-8(15(17)18)3-4-9(10)12/h3-4,6-7H,2,5,13H2,1H3,(H,14,16). The molecule has 1 aromatic carbocycles. The van der Waals surface area contributed by atoms with E-state index >= 15 is 0 Å². The van der Waals surface area contributed by atoms with Crippen molar-refractivity contribution in [2.45, 2.75) is 25.8 Å². The summed E-state index contributed by atoms with van der Waals surface area (Å²) in [5.41, 5.74) is 5.65. The number of non-ortho nitro benzene ring substituents is 1. The van der Waals surface area contributed by atoms with Gasteiger partial charge in [-0.15, -0.1) is 0 Å². The van der Waals surface area contributed by atoms with Crippen LogP contribution in [-0.2, 0) is 4.79 Å². The van der Waals surface area contributed by atoms with Crippen molar-refractivity contribution in [2.75, 3.05) is 5.32 Å². The summed E-state index contributed by atoms with van der Waals surface area (Å²) in [4.78, 5) is 21.6. The Kier molecular flexibility index (Phi) is 5.06. The van der Waals surface area contributed by atoms with Crippen LogP contribution in [0, 0.1) is 10.1 Å². The maximum Gasteiger partial charge on any atom is 0.271 e. The van der Waals surface area contributed by atoms with E-state index in [0.717, 1.165) is 0 Å². The minimum atomic E-state index is -0.548. The second-order valence-corrected chi connectivity index (χ2v) is 4.39. The van der Waals surface area contributed by atoms with Crippen LogP contribution < -0.4 is 11.1 Å². The van der Waals surface area contributed by atoms with Gasteiger partial charge in [0, 0.05) is 24.6 Å². The van der Waals surface area contributed by atoms with Crippen molar-refractivity contribution in [3.05, 3.63) is 33.3 Å². The highest BCUT2D eigenvalue weighted by atomic mass is 35.5. The van der Waals surface area contributed by atoms with E-state index in [1.54, 1.807) is 6.92 Å². The third-order valence-electron chi connectivity index (χ3n) is 2.26. The minimum absolute atomic E-state index is 0.0728. The largest absolute Gasteiger partial charge is 0.328 e. The molecule has 7 heteroatoms. The van der Waals surface area contributed by atoms with Crippen LogP contribution in [0.25, 0.3) is 0 Å². The van der Waals surface area contributed by atoms with E-state index in [1.165, 1.54) is 18.2 Å². The van der Waals surface area contributed by atoms with Crippen LogP contribution >= 0.6 is 11.6 Å². The van der Waals surface area contributed by atoms with Gasteiger partial charge in [0.05, 0.1) is 15.6 Å². The van der Waals surface area contributed by atoms with Crippen molar-refractivity contribution >= 4 is 28.9 Å². The monoisotopic (exact) mass is 271 g/mol. The van der Waals surface area contributed by atoms with E-state index in [9.17, 15) is 14.9 Å². The molecule has 6 nitrogen and oxygen atoms in total. The zero-order chi connectivity index (χ0) is 13.7. The SMILES string of the molecule is CC(N)CCC(=O)Nc1cc([N+](=O)[O-])ccc1Cl. The van der Waals surface area contributed by atoms with E-state index in [1.807, 2.05) is 0 Å². The van der Waals surface area contributed by atoms with Gasteiger partial charge >= 0.3 is 0 Å². The molecule has 1 atom stereocenters. The minimum Gasteiger partial charge on any atom is -0.328 e. The molecular weight excluding hydrogens is 258 g/mol. The number of halogens is 1. The first-order valence-electron chi connectivity index (χ1n) is 5.39. The average Bonchev–Trinajstić information content (AvgIpc) is 2.29. The summed E-state index contributed by atoms with van der Waals surface area (Å²) >= 11 is 5.85. The molecule has 1 aromatic rings. The molecule has 0 aliphatic carbocycles. The summed E-state index contributed by atoms with van der Waals surface area (Å²) in [6.07, 6.45) is 0.787. The van der Waals surface area contributed by atoms with Crippen LogP contribution in [0.5, 0.6) is 0 Å². The smallest absolute Gasteiger partial charge is 0.271 e. The van der Waals surface area contributed by atoms with Gasteiger partial charge < -0.3 is 11.1 Å². The quantitative estimate of drug-likeness (QED) is 0.634. The number of carbonyl (C=O) groups is 1. The number of rotatable bonds is 5.